The highest BCUT2D eigenvalue weighted by Crippen LogP contribution is 2.06. The first-order valence-corrected chi connectivity index (χ1v) is 5.33. The van der Waals surface area contributed by atoms with Gasteiger partial charge in [-0.05, 0) is 23.8 Å². The molecule has 0 amide bonds. The molecule has 0 aromatic heterocycles. The molecule has 15 heavy (non-hydrogen) atoms. The van der Waals surface area contributed by atoms with Crippen LogP contribution in [0, 0.1) is 5.92 Å². The van der Waals surface area contributed by atoms with Crippen LogP contribution in [0.1, 0.15) is 19.4 Å². The molecule has 0 aliphatic heterocycles. The fourth-order valence-corrected chi connectivity index (χ4v) is 1.13. The second-order valence-electron chi connectivity index (χ2n) is 3.93. The van der Waals surface area contributed by atoms with Gasteiger partial charge >= 0.3 is 0 Å². The molecule has 1 nitrogen and oxygen atoms in total. The Morgan fingerprint density at radius 3 is 2.60 bits per heavy atom. The van der Waals surface area contributed by atoms with Gasteiger partial charge in [-0.3, -0.25) is 0 Å². The monoisotopic (exact) mass is 201 g/mol. The number of nitrogens with one attached hydrogen (secondary N) is 1. The lowest BCUT2D eigenvalue weighted by atomic mass is 10.1. The smallest absolute Gasteiger partial charge is 0.0395 e. The Kier molecular flexibility index (Phi) is 4.69. The summed E-state index contributed by atoms with van der Waals surface area (Å²) >= 11 is 0. The van der Waals surface area contributed by atoms with Gasteiger partial charge in [-0.25, -0.2) is 0 Å². The first-order valence-electron chi connectivity index (χ1n) is 5.33. The molecule has 1 heteroatoms. The summed E-state index contributed by atoms with van der Waals surface area (Å²) < 4.78 is 0. The molecule has 0 bridgehead atoms. The van der Waals surface area contributed by atoms with Crippen LogP contribution in [0.2, 0.25) is 0 Å². The van der Waals surface area contributed by atoms with Crippen molar-refractivity contribution in [1.82, 2.24) is 5.32 Å². The van der Waals surface area contributed by atoms with E-state index in [2.05, 4.69) is 37.9 Å². The van der Waals surface area contributed by atoms with Gasteiger partial charge in [-0.15, -0.1) is 0 Å². The lowest BCUT2D eigenvalue weighted by Gasteiger charge is -2.04. The normalized spacial score (nSPS) is 10.9. The minimum Gasteiger partial charge on any atom is -0.387 e. The molecule has 1 aromatic rings. The van der Waals surface area contributed by atoms with E-state index in [0.717, 1.165) is 12.1 Å². The number of benzene rings is 1. The highest BCUT2D eigenvalue weighted by atomic mass is 14.8. The average Bonchev–Trinajstić information content (AvgIpc) is 2.25. The quantitative estimate of drug-likeness (QED) is 0.719. The molecule has 0 aliphatic carbocycles. The summed E-state index contributed by atoms with van der Waals surface area (Å²) in [4.78, 5) is 0. The Balaban J connectivity index is 2.31. The summed E-state index contributed by atoms with van der Waals surface area (Å²) in [6.45, 7) is 9.12. The van der Waals surface area contributed by atoms with Gasteiger partial charge in [-0.2, -0.15) is 0 Å². The molecule has 0 radical (unpaired) electrons. The van der Waals surface area contributed by atoms with Gasteiger partial charge < -0.3 is 5.32 Å². The molecule has 0 heterocycles. The molecule has 0 spiro atoms. The zero-order chi connectivity index (χ0) is 11.1. The predicted molar refractivity (Wildman–Crippen MR) is 66.4 cm³/mol. The first-order chi connectivity index (χ1) is 7.20. The van der Waals surface area contributed by atoms with Crippen LogP contribution >= 0.6 is 0 Å². The Bertz CT molecular complexity index is 322. The zero-order valence-corrected chi connectivity index (χ0v) is 9.53. The van der Waals surface area contributed by atoms with Crippen LogP contribution in [0.25, 0.3) is 0 Å². The van der Waals surface area contributed by atoms with E-state index >= 15 is 0 Å². The number of hydrogen-bond donors (Lipinski definition) is 1. The topological polar surface area (TPSA) is 12.0 Å². The SMILES string of the molecule is C=C(/C=C\NCc1ccccc1)C(C)C. The fraction of sp³-hybridized carbons (Fsp3) is 0.286. The Labute approximate surface area is 92.5 Å². The highest BCUT2D eigenvalue weighted by molar-refractivity contribution is 5.17. The second-order valence-corrected chi connectivity index (χ2v) is 3.93. The molecule has 1 N–H and O–H groups in total. The highest BCUT2D eigenvalue weighted by Gasteiger charge is 1.93. The van der Waals surface area contributed by atoms with Crippen molar-refractivity contribution in [2.24, 2.45) is 5.92 Å². The number of rotatable bonds is 5. The van der Waals surface area contributed by atoms with Crippen molar-refractivity contribution in [3.8, 4) is 0 Å². The van der Waals surface area contributed by atoms with Crippen molar-refractivity contribution in [2.45, 2.75) is 20.4 Å². The largest absolute Gasteiger partial charge is 0.387 e. The Hall–Kier alpha value is -1.50. The molecule has 0 fully saturated rings. The van der Waals surface area contributed by atoms with Gasteiger partial charge in [0.1, 0.15) is 0 Å². The Morgan fingerprint density at radius 2 is 2.00 bits per heavy atom. The summed E-state index contributed by atoms with van der Waals surface area (Å²) in [5.41, 5.74) is 2.44. The van der Waals surface area contributed by atoms with Gasteiger partial charge in [0, 0.05) is 6.54 Å². The molecule has 0 saturated heterocycles. The van der Waals surface area contributed by atoms with E-state index in [1.165, 1.54) is 5.56 Å². The van der Waals surface area contributed by atoms with Gasteiger partial charge in [0.15, 0.2) is 0 Å². The van der Waals surface area contributed by atoms with Crippen molar-refractivity contribution < 1.29 is 0 Å². The molecule has 0 atom stereocenters. The predicted octanol–water partition coefficient (Wildman–Crippen LogP) is 3.50. The third-order valence-electron chi connectivity index (χ3n) is 2.31. The second kappa shape index (κ2) is 6.07. The summed E-state index contributed by atoms with van der Waals surface area (Å²) in [6.07, 6.45) is 4.00. The van der Waals surface area contributed by atoms with Gasteiger partial charge in [0.2, 0.25) is 0 Å². The van der Waals surface area contributed by atoms with E-state index in [0.29, 0.717) is 5.92 Å². The van der Waals surface area contributed by atoms with E-state index in [1.807, 2.05) is 30.5 Å². The van der Waals surface area contributed by atoms with Crippen molar-refractivity contribution in [1.29, 1.82) is 0 Å². The van der Waals surface area contributed by atoms with Crippen molar-refractivity contribution in [3.05, 3.63) is 60.3 Å². The Morgan fingerprint density at radius 1 is 1.33 bits per heavy atom. The molecule has 80 valence electrons. The maximum Gasteiger partial charge on any atom is 0.0395 e. The minimum atomic E-state index is 0.514. The van der Waals surface area contributed by atoms with E-state index in [4.69, 9.17) is 0 Å². The van der Waals surface area contributed by atoms with Crippen LogP contribution in [0.15, 0.2) is 54.8 Å². The molecule has 1 rings (SSSR count). The maximum absolute atomic E-state index is 3.97. The number of hydrogen-bond acceptors (Lipinski definition) is 1. The van der Waals surface area contributed by atoms with Crippen molar-refractivity contribution in [2.75, 3.05) is 0 Å². The minimum absolute atomic E-state index is 0.514. The summed E-state index contributed by atoms with van der Waals surface area (Å²) in [6, 6.07) is 10.3. The average molecular weight is 201 g/mol. The molecule has 1 aromatic carbocycles. The standard InChI is InChI=1S/C14H19N/c1-12(2)13(3)9-10-15-11-14-7-5-4-6-8-14/h4-10,12,15H,3,11H2,1-2H3/b10-9-. The van der Waals surface area contributed by atoms with Crippen LogP contribution in [0.4, 0.5) is 0 Å². The van der Waals surface area contributed by atoms with Crippen LogP contribution in [-0.4, -0.2) is 0 Å². The maximum atomic E-state index is 3.97. The van der Waals surface area contributed by atoms with E-state index < -0.39 is 0 Å². The van der Waals surface area contributed by atoms with Gasteiger partial charge in [0.25, 0.3) is 0 Å². The van der Waals surface area contributed by atoms with E-state index in [-0.39, 0.29) is 0 Å². The van der Waals surface area contributed by atoms with Crippen LogP contribution in [-0.2, 0) is 6.54 Å². The first kappa shape index (κ1) is 11.6. The third-order valence-corrected chi connectivity index (χ3v) is 2.31. The summed E-state index contributed by atoms with van der Waals surface area (Å²) in [5, 5.41) is 3.25. The van der Waals surface area contributed by atoms with Crippen LogP contribution in [0.3, 0.4) is 0 Å². The lowest BCUT2D eigenvalue weighted by Crippen LogP contribution is -2.04. The molecule has 0 unspecified atom stereocenters. The fourth-order valence-electron chi connectivity index (χ4n) is 1.13. The summed E-state index contributed by atoms with van der Waals surface area (Å²) in [7, 11) is 0. The zero-order valence-electron chi connectivity index (χ0n) is 9.53. The molecule has 0 aliphatic rings. The molecular formula is C14H19N. The van der Waals surface area contributed by atoms with Crippen LogP contribution < -0.4 is 5.32 Å². The van der Waals surface area contributed by atoms with E-state index in [1.54, 1.807) is 0 Å². The third kappa shape index (κ3) is 4.50. The van der Waals surface area contributed by atoms with Crippen LogP contribution in [0.5, 0.6) is 0 Å². The number of allylic oxidation sites excluding steroid dienone is 2. The molecular weight excluding hydrogens is 182 g/mol. The van der Waals surface area contributed by atoms with Crippen molar-refractivity contribution in [3.63, 3.8) is 0 Å². The molecule has 0 saturated carbocycles. The van der Waals surface area contributed by atoms with Crippen molar-refractivity contribution >= 4 is 0 Å². The van der Waals surface area contributed by atoms with Gasteiger partial charge in [0.05, 0.1) is 0 Å². The van der Waals surface area contributed by atoms with Gasteiger partial charge in [-0.1, -0.05) is 56.3 Å². The lowest BCUT2D eigenvalue weighted by molar-refractivity contribution is 0.789. The van der Waals surface area contributed by atoms with E-state index in [9.17, 15) is 0 Å². The summed E-state index contributed by atoms with van der Waals surface area (Å²) in [5.74, 6) is 0.514.